The van der Waals surface area contributed by atoms with Gasteiger partial charge in [-0.2, -0.15) is 35.1 Å². The molecule has 2 aromatic carbocycles. The smallest absolute Gasteiger partial charge is 0.407 e. The lowest BCUT2D eigenvalue weighted by atomic mass is 10.0. The Hall–Kier alpha value is -5.49. The fraction of sp³-hybridized carbons (Fsp3) is 0.475. The minimum Gasteiger partial charge on any atom is -0.453 e. The highest BCUT2D eigenvalue weighted by molar-refractivity contribution is 5.86. The highest BCUT2D eigenvalue weighted by atomic mass is 19.4. The summed E-state index contributed by atoms with van der Waals surface area (Å²) in [6, 6.07) is 9.20. The van der Waals surface area contributed by atoms with Crippen LogP contribution in [-0.4, -0.2) is 86.2 Å². The standard InChI is InChI=1S/C40H43F8N7O4/c1-19(2)14-29(56)54-17-25(39(43,44)45)15-27(54)35-49-31(33(41)52-35)23-10-6-21(7-11-23)22-8-12-24(13-9-22)32-34(42)53-36(50-32)28-16-26(40(46,47)48)18-55(28)37(57)30(20(3)4)51-38(58)59-5/h6-13,19-20,25-28,30H,14-18H2,1-5H3,(H,49,52)(H,50,53)(H,51,58)/t25-,26-,27-,28-,30-/m0/s1. The number of imidazole rings is 2. The van der Waals surface area contributed by atoms with E-state index in [2.05, 4.69) is 30.0 Å². The van der Waals surface area contributed by atoms with Crippen LogP contribution in [0.4, 0.5) is 39.9 Å². The molecule has 3 N–H and O–H groups in total. The van der Waals surface area contributed by atoms with Crippen molar-refractivity contribution in [2.75, 3.05) is 20.2 Å². The van der Waals surface area contributed by atoms with Crippen molar-refractivity contribution < 1.29 is 54.2 Å². The third-order valence-electron chi connectivity index (χ3n) is 10.7. The lowest BCUT2D eigenvalue weighted by Gasteiger charge is -2.30. The molecule has 5 atom stereocenters. The number of hydrogen-bond acceptors (Lipinski definition) is 6. The summed E-state index contributed by atoms with van der Waals surface area (Å²) in [5, 5.41) is 2.37. The molecule has 11 nitrogen and oxygen atoms in total. The Kier molecular flexibility index (Phi) is 12.2. The summed E-state index contributed by atoms with van der Waals surface area (Å²) in [6.07, 6.45) is -11.2. The summed E-state index contributed by atoms with van der Waals surface area (Å²) in [7, 11) is 1.08. The van der Waals surface area contributed by atoms with Crippen molar-refractivity contribution in [1.29, 1.82) is 0 Å². The van der Waals surface area contributed by atoms with E-state index >= 15 is 8.78 Å². The molecule has 2 fully saturated rings. The van der Waals surface area contributed by atoms with Crippen LogP contribution < -0.4 is 5.32 Å². The molecule has 3 amide bonds. The molecule has 59 heavy (non-hydrogen) atoms. The van der Waals surface area contributed by atoms with E-state index in [0.29, 0.717) is 16.7 Å². The lowest BCUT2D eigenvalue weighted by molar-refractivity contribution is -0.172. The molecule has 0 bridgehead atoms. The van der Waals surface area contributed by atoms with Crippen molar-refractivity contribution in [2.45, 2.75) is 77.4 Å². The van der Waals surface area contributed by atoms with E-state index in [9.17, 15) is 40.7 Å². The monoisotopic (exact) mass is 837 g/mol. The number of aromatic nitrogens is 4. The van der Waals surface area contributed by atoms with Gasteiger partial charge < -0.3 is 29.8 Å². The summed E-state index contributed by atoms with van der Waals surface area (Å²) >= 11 is 0. The molecular weight excluding hydrogens is 794 g/mol. The largest absolute Gasteiger partial charge is 0.453 e. The number of alkyl halides is 6. The number of alkyl carbamates (subject to hydrolysis) is 1. The molecule has 19 heteroatoms. The van der Waals surface area contributed by atoms with Gasteiger partial charge in [0.15, 0.2) is 0 Å². The zero-order valence-corrected chi connectivity index (χ0v) is 32.6. The molecule has 0 aliphatic carbocycles. The van der Waals surface area contributed by atoms with Crippen LogP contribution >= 0.6 is 0 Å². The van der Waals surface area contributed by atoms with Crippen LogP contribution in [-0.2, 0) is 14.3 Å². The highest BCUT2D eigenvalue weighted by Crippen LogP contribution is 2.45. The van der Waals surface area contributed by atoms with E-state index < -0.39 is 104 Å². The number of benzene rings is 2. The predicted molar refractivity (Wildman–Crippen MR) is 198 cm³/mol. The third-order valence-corrected chi connectivity index (χ3v) is 10.7. The molecule has 4 aromatic rings. The first-order chi connectivity index (χ1) is 27.7. The maximum Gasteiger partial charge on any atom is 0.407 e. The number of aromatic amines is 2. The number of likely N-dealkylation sites (tertiary alicyclic amines) is 2. The number of nitrogens with one attached hydrogen (secondary N) is 3. The summed E-state index contributed by atoms with van der Waals surface area (Å²) in [5.41, 5.74) is 1.54. The predicted octanol–water partition coefficient (Wildman–Crippen LogP) is 8.74. The molecule has 0 radical (unpaired) electrons. The number of carbonyl (C=O) groups is 3. The van der Waals surface area contributed by atoms with Gasteiger partial charge in [0.2, 0.25) is 23.7 Å². The Balaban J connectivity index is 1.20. The Labute approximate surface area is 333 Å². The van der Waals surface area contributed by atoms with Gasteiger partial charge in [-0.05, 0) is 35.8 Å². The number of rotatable bonds is 10. The lowest BCUT2D eigenvalue weighted by Crippen LogP contribution is -2.51. The van der Waals surface area contributed by atoms with E-state index in [1.54, 1.807) is 76.2 Å². The minimum atomic E-state index is -4.66. The van der Waals surface area contributed by atoms with E-state index in [0.717, 1.165) is 16.9 Å². The molecule has 6 rings (SSSR count). The summed E-state index contributed by atoms with van der Waals surface area (Å²) < 4.78 is 118. The van der Waals surface area contributed by atoms with Crippen molar-refractivity contribution in [3.63, 3.8) is 0 Å². The second-order valence-electron chi connectivity index (χ2n) is 15.7. The molecule has 318 valence electrons. The van der Waals surface area contributed by atoms with Gasteiger partial charge in [0, 0.05) is 30.6 Å². The maximum absolute atomic E-state index is 15.4. The number of halogens is 8. The first kappa shape index (κ1) is 43.1. The van der Waals surface area contributed by atoms with Gasteiger partial charge in [-0.3, -0.25) is 9.59 Å². The van der Waals surface area contributed by atoms with Crippen molar-refractivity contribution in [1.82, 2.24) is 35.1 Å². The summed E-state index contributed by atoms with van der Waals surface area (Å²) in [4.78, 5) is 54.0. The Morgan fingerprint density at radius 3 is 1.53 bits per heavy atom. The molecular formula is C40H43F8N7O4. The molecule has 4 heterocycles. The van der Waals surface area contributed by atoms with Crippen LogP contribution in [0, 0.1) is 35.6 Å². The highest BCUT2D eigenvalue weighted by Gasteiger charge is 2.52. The number of H-pyrrole nitrogens is 2. The third kappa shape index (κ3) is 9.22. The van der Waals surface area contributed by atoms with Crippen molar-refractivity contribution >= 4 is 17.9 Å². The van der Waals surface area contributed by atoms with Crippen LogP contribution in [0.5, 0.6) is 0 Å². The first-order valence-corrected chi connectivity index (χ1v) is 19.0. The number of nitrogens with zero attached hydrogens (tertiary/aromatic N) is 4. The van der Waals surface area contributed by atoms with Crippen LogP contribution in [0.2, 0.25) is 0 Å². The van der Waals surface area contributed by atoms with Gasteiger partial charge in [-0.1, -0.05) is 76.2 Å². The zero-order chi connectivity index (χ0) is 43.1. The minimum absolute atomic E-state index is 0.0300. The number of carbonyl (C=O) groups excluding carboxylic acids is 3. The molecule has 0 saturated carbocycles. The van der Waals surface area contributed by atoms with Gasteiger partial charge in [-0.15, -0.1) is 0 Å². The summed E-state index contributed by atoms with van der Waals surface area (Å²) in [5.74, 6) is -7.71. The fourth-order valence-electron chi connectivity index (χ4n) is 7.61. The number of ether oxygens (including phenoxy) is 1. The SMILES string of the molecule is COC(=O)N[C@H](C(=O)N1C[C@@H](C(F)(F)F)C[C@H]1c1nc(-c2ccc(-c3ccc(-c4nc([C@@H]5C[C@H](C(F)(F)F)CN5C(=O)CC(C)C)[nH]c4F)cc3)cc2)c(F)[nH]1)C(C)C. The second-order valence-corrected chi connectivity index (χ2v) is 15.7. The van der Waals surface area contributed by atoms with Crippen molar-refractivity contribution in [3.8, 4) is 33.6 Å². The second kappa shape index (κ2) is 16.6. The number of hydrogen-bond donors (Lipinski definition) is 3. The molecule has 2 aliphatic heterocycles. The van der Waals surface area contributed by atoms with E-state index in [-0.39, 0.29) is 40.9 Å². The topological polar surface area (TPSA) is 136 Å². The Morgan fingerprint density at radius 1 is 0.729 bits per heavy atom. The normalized spacial score (nSPS) is 20.5. The van der Waals surface area contributed by atoms with E-state index in [1.807, 2.05) is 0 Å². The van der Waals surface area contributed by atoms with E-state index in [4.69, 9.17) is 0 Å². The van der Waals surface area contributed by atoms with Gasteiger partial charge in [0.1, 0.15) is 29.1 Å². The van der Waals surface area contributed by atoms with Crippen LogP contribution in [0.25, 0.3) is 33.6 Å². The molecule has 0 unspecified atom stereocenters. The average Bonchev–Trinajstić information content (AvgIpc) is 3.97. The van der Waals surface area contributed by atoms with Crippen LogP contribution in [0.3, 0.4) is 0 Å². The Bertz CT molecular complexity index is 2150. The number of amides is 3. The first-order valence-electron chi connectivity index (χ1n) is 19.0. The van der Waals surface area contributed by atoms with Gasteiger partial charge >= 0.3 is 18.4 Å². The van der Waals surface area contributed by atoms with E-state index in [1.165, 1.54) is 0 Å². The maximum atomic E-state index is 15.4. The molecule has 0 spiro atoms. The quantitative estimate of drug-likeness (QED) is 0.137. The molecule has 2 aliphatic rings. The fourth-order valence-corrected chi connectivity index (χ4v) is 7.61. The van der Waals surface area contributed by atoms with Crippen LogP contribution in [0.15, 0.2) is 48.5 Å². The number of methoxy groups -OCH3 is 1. The zero-order valence-electron chi connectivity index (χ0n) is 32.6. The van der Waals surface area contributed by atoms with Gasteiger partial charge in [0.25, 0.3) is 0 Å². The van der Waals surface area contributed by atoms with Gasteiger partial charge in [0.05, 0.1) is 31.0 Å². The molecule has 2 aromatic heterocycles. The van der Waals surface area contributed by atoms with Gasteiger partial charge in [-0.25, -0.2) is 14.8 Å². The van der Waals surface area contributed by atoms with Crippen LogP contribution in [0.1, 0.15) is 70.7 Å². The average molecular weight is 838 g/mol. The summed E-state index contributed by atoms with van der Waals surface area (Å²) in [6.45, 7) is 5.49. The van der Waals surface area contributed by atoms with Crippen molar-refractivity contribution in [2.24, 2.45) is 23.7 Å². The molecule has 2 saturated heterocycles. The Morgan fingerprint density at radius 2 is 1.14 bits per heavy atom. The van der Waals surface area contributed by atoms with Crippen molar-refractivity contribution in [3.05, 3.63) is 72.1 Å².